The zero-order valence-corrected chi connectivity index (χ0v) is 14.9. The SMILES string of the molecule is C=CC(C)(O)C(CC=C(C)C)CC=C(C)CCC=C(C)C. The third kappa shape index (κ3) is 9.47. The lowest BCUT2D eigenvalue weighted by Gasteiger charge is -2.29. The Morgan fingerprint density at radius 2 is 1.52 bits per heavy atom. The Morgan fingerprint density at radius 3 is 2.00 bits per heavy atom. The zero-order valence-electron chi connectivity index (χ0n) is 14.9. The first kappa shape index (κ1) is 19.9. The van der Waals surface area contributed by atoms with Crippen LogP contribution < -0.4 is 0 Å². The zero-order chi connectivity index (χ0) is 16.5. The van der Waals surface area contributed by atoms with Crippen molar-refractivity contribution < 1.29 is 5.11 Å². The molecule has 0 aliphatic heterocycles. The summed E-state index contributed by atoms with van der Waals surface area (Å²) >= 11 is 0. The van der Waals surface area contributed by atoms with E-state index in [1.54, 1.807) is 6.08 Å². The van der Waals surface area contributed by atoms with Gasteiger partial charge >= 0.3 is 0 Å². The average molecular weight is 290 g/mol. The van der Waals surface area contributed by atoms with Crippen LogP contribution in [0, 0.1) is 5.92 Å². The Kier molecular flexibility index (Phi) is 9.28. The molecule has 2 unspecified atom stereocenters. The van der Waals surface area contributed by atoms with E-state index in [1.165, 1.54) is 16.7 Å². The molecule has 0 rings (SSSR count). The number of hydrogen-bond donors (Lipinski definition) is 1. The van der Waals surface area contributed by atoms with Gasteiger partial charge in [-0.3, -0.25) is 0 Å². The van der Waals surface area contributed by atoms with Gasteiger partial charge in [0.2, 0.25) is 0 Å². The summed E-state index contributed by atoms with van der Waals surface area (Å²) in [5.41, 5.74) is 3.25. The van der Waals surface area contributed by atoms with Crippen LogP contribution in [0.5, 0.6) is 0 Å². The third-order valence-corrected chi connectivity index (χ3v) is 3.89. The Morgan fingerprint density at radius 1 is 1.00 bits per heavy atom. The molecule has 0 spiro atoms. The van der Waals surface area contributed by atoms with E-state index in [0.29, 0.717) is 0 Å². The summed E-state index contributed by atoms with van der Waals surface area (Å²) in [4.78, 5) is 0. The lowest BCUT2D eigenvalue weighted by atomic mass is 9.83. The van der Waals surface area contributed by atoms with Crippen molar-refractivity contribution >= 4 is 0 Å². The molecule has 0 aliphatic rings. The Bertz CT molecular complexity index is 400. The van der Waals surface area contributed by atoms with Crippen LogP contribution in [-0.4, -0.2) is 10.7 Å². The van der Waals surface area contributed by atoms with Gasteiger partial charge in [0.25, 0.3) is 0 Å². The molecule has 0 aromatic heterocycles. The Labute approximate surface area is 132 Å². The number of hydrogen-bond acceptors (Lipinski definition) is 1. The van der Waals surface area contributed by atoms with E-state index in [0.717, 1.165) is 25.7 Å². The first-order chi connectivity index (χ1) is 9.69. The molecule has 0 aromatic carbocycles. The summed E-state index contributed by atoms with van der Waals surface area (Å²) in [6.45, 7) is 16.3. The number of rotatable bonds is 9. The lowest BCUT2D eigenvalue weighted by molar-refractivity contribution is 0.0486. The third-order valence-electron chi connectivity index (χ3n) is 3.89. The molecule has 0 heterocycles. The van der Waals surface area contributed by atoms with E-state index in [1.807, 2.05) is 6.92 Å². The van der Waals surface area contributed by atoms with E-state index >= 15 is 0 Å². The van der Waals surface area contributed by atoms with Crippen molar-refractivity contribution in [3.8, 4) is 0 Å². The molecule has 21 heavy (non-hydrogen) atoms. The van der Waals surface area contributed by atoms with Crippen LogP contribution in [0.15, 0.2) is 47.6 Å². The topological polar surface area (TPSA) is 20.2 Å². The predicted octanol–water partition coefficient (Wildman–Crippen LogP) is 5.98. The van der Waals surface area contributed by atoms with Crippen molar-refractivity contribution in [3.63, 3.8) is 0 Å². The van der Waals surface area contributed by atoms with Gasteiger partial charge in [0.05, 0.1) is 5.60 Å². The minimum atomic E-state index is -0.817. The fraction of sp³-hybridized carbons (Fsp3) is 0.600. The molecule has 0 aromatic rings. The van der Waals surface area contributed by atoms with Crippen molar-refractivity contribution in [1.82, 2.24) is 0 Å². The van der Waals surface area contributed by atoms with Crippen LogP contribution in [0.1, 0.15) is 67.2 Å². The molecule has 0 aliphatic carbocycles. The van der Waals surface area contributed by atoms with Crippen LogP contribution in [0.2, 0.25) is 0 Å². The number of aliphatic hydroxyl groups is 1. The fourth-order valence-corrected chi connectivity index (χ4v) is 2.15. The maximum atomic E-state index is 10.5. The van der Waals surface area contributed by atoms with Gasteiger partial charge in [-0.2, -0.15) is 0 Å². The second-order valence-corrected chi connectivity index (χ2v) is 6.75. The summed E-state index contributed by atoms with van der Waals surface area (Å²) < 4.78 is 0. The van der Waals surface area contributed by atoms with Gasteiger partial charge in [-0.1, -0.05) is 41.0 Å². The molecule has 0 amide bonds. The van der Waals surface area contributed by atoms with Crippen molar-refractivity contribution in [1.29, 1.82) is 0 Å². The minimum absolute atomic E-state index is 0.184. The maximum Gasteiger partial charge on any atom is 0.0831 e. The van der Waals surface area contributed by atoms with Gasteiger partial charge in [-0.15, -0.1) is 6.58 Å². The molecule has 0 bridgehead atoms. The molecule has 0 radical (unpaired) electrons. The highest BCUT2D eigenvalue weighted by Gasteiger charge is 2.26. The largest absolute Gasteiger partial charge is 0.386 e. The second kappa shape index (κ2) is 9.78. The van der Waals surface area contributed by atoms with Crippen molar-refractivity contribution in [2.45, 2.75) is 72.8 Å². The van der Waals surface area contributed by atoms with Crippen molar-refractivity contribution in [3.05, 3.63) is 47.6 Å². The maximum absolute atomic E-state index is 10.5. The van der Waals surface area contributed by atoms with Gasteiger partial charge in [-0.25, -0.2) is 0 Å². The van der Waals surface area contributed by atoms with Gasteiger partial charge < -0.3 is 5.11 Å². The van der Waals surface area contributed by atoms with Gasteiger partial charge in [0, 0.05) is 0 Å². The van der Waals surface area contributed by atoms with Crippen molar-refractivity contribution in [2.24, 2.45) is 5.92 Å². The molecule has 0 saturated carbocycles. The van der Waals surface area contributed by atoms with Crippen LogP contribution in [0.25, 0.3) is 0 Å². The molecule has 2 atom stereocenters. The van der Waals surface area contributed by atoms with Gasteiger partial charge in [0.1, 0.15) is 0 Å². The monoisotopic (exact) mass is 290 g/mol. The molecule has 0 saturated heterocycles. The quantitative estimate of drug-likeness (QED) is 0.518. The normalized spacial score (nSPS) is 15.9. The smallest absolute Gasteiger partial charge is 0.0831 e. The summed E-state index contributed by atoms with van der Waals surface area (Å²) in [5, 5.41) is 10.5. The molecule has 1 heteroatoms. The predicted molar refractivity (Wildman–Crippen MR) is 95.4 cm³/mol. The highest BCUT2D eigenvalue weighted by molar-refractivity contribution is 5.08. The summed E-state index contributed by atoms with van der Waals surface area (Å²) in [6, 6.07) is 0. The highest BCUT2D eigenvalue weighted by Crippen LogP contribution is 2.27. The lowest BCUT2D eigenvalue weighted by Crippen LogP contribution is -2.31. The second-order valence-electron chi connectivity index (χ2n) is 6.75. The van der Waals surface area contributed by atoms with Crippen LogP contribution >= 0.6 is 0 Å². The molecule has 1 nitrogen and oxygen atoms in total. The Hall–Kier alpha value is -1.08. The molecule has 120 valence electrons. The van der Waals surface area contributed by atoms with Crippen LogP contribution in [0.4, 0.5) is 0 Å². The molecule has 0 fully saturated rings. The summed E-state index contributed by atoms with van der Waals surface area (Å²) in [7, 11) is 0. The van der Waals surface area contributed by atoms with E-state index in [-0.39, 0.29) is 5.92 Å². The molecular weight excluding hydrogens is 256 g/mol. The van der Waals surface area contributed by atoms with Gasteiger partial charge in [-0.05, 0) is 73.1 Å². The van der Waals surface area contributed by atoms with E-state index in [2.05, 4.69) is 59.4 Å². The minimum Gasteiger partial charge on any atom is -0.386 e. The Balaban J connectivity index is 4.70. The summed E-state index contributed by atoms with van der Waals surface area (Å²) in [6.07, 6.45) is 12.4. The first-order valence-corrected chi connectivity index (χ1v) is 7.97. The fourth-order valence-electron chi connectivity index (χ4n) is 2.15. The average Bonchev–Trinajstić information content (AvgIpc) is 2.37. The number of allylic oxidation sites excluding steroid dienone is 6. The van der Waals surface area contributed by atoms with Crippen molar-refractivity contribution in [2.75, 3.05) is 0 Å². The van der Waals surface area contributed by atoms with Crippen LogP contribution in [-0.2, 0) is 0 Å². The van der Waals surface area contributed by atoms with Crippen LogP contribution in [0.3, 0.4) is 0 Å². The molecular formula is C20H34O. The highest BCUT2D eigenvalue weighted by atomic mass is 16.3. The van der Waals surface area contributed by atoms with E-state index in [4.69, 9.17) is 0 Å². The van der Waals surface area contributed by atoms with Gasteiger partial charge in [0.15, 0.2) is 0 Å². The summed E-state index contributed by atoms with van der Waals surface area (Å²) in [5.74, 6) is 0.184. The van der Waals surface area contributed by atoms with E-state index < -0.39 is 5.60 Å². The standard InChI is InChI=1S/C20H34O/c1-8-20(7,21)19(14-12-17(4)5)15-13-18(6)11-9-10-16(2)3/h8,10,12-13,19,21H,1,9,11,14-15H2,2-7H3. The van der Waals surface area contributed by atoms with E-state index in [9.17, 15) is 5.11 Å². The molecule has 1 N–H and O–H groups in total. The first-order valence-electron chi connectivity index (χ1n) is 7.97.